The summed E-state index contributed by atoms with van der Waals surface area (Å²) in [7, 11) is 0. The van der Waals surface area contributed by atoms with Crippen molar-refractivity contribution >= 4 is 6.29 Å². The van der Waals surface area contributed by atoms with Crippen molar-refractivity contribution in [3.63, 3.8) is 0 Å². The number of carbonyl (C=O) groups is 1. The number of halogens is 1. The van der Waals surface area contributed by atoms with Crippen LogP contribution in [0.3, 0.4) is 0 Å². The minimum Gasteiger partial charge on any atom is -0.298 e. The number of benzene rings is 1. The SMILES string of the molecule is Cc1ccc(-c2ccc(C=O)cn2)c(F)c1. The van der Waals surface area contributed by atoms with Gasteiger partial charge in [0.2, 0.25) is 0 Å². The Hall–Kier alpha value is -2.03. The lowest BCUT2D eigenvalue weighted by molar-refractivity contribution is 0.112. The third-order valence-corrected chi connectivity index (χ3v) is 2.32. The van der Waals surface area contributed by atoms with E-state index >= 15 is 0 Å². The summed E-state index contributed by atoms with van der Waals surface area (Å²) < 4.78 is 13.6. The van der Waals surface area contributed by atoms with Crippen molar-refractivity contribution in [3.05, 3.63) is 53.5 Å². The number of aryl methyl sites for hydroxylation is 1. The molecular formula is C13H10FNO. The molecule has 0 saturated heterocycles. The van der Waals surface area contributed by atoms with Gasteiger partial charge in [-0.25, -0.2) is 4.39 Å². The summed E-state index contributed by atoms with van der Waals surface area (Å²) in [5.41, 5.74) is 2.33. The molecule has 80 valence electrons. The lowest BCUT2D eigenvalue weighted by atomic mass is 10.1. The van der Waals surface area contributed by atoms with Crippen LogP contribution in [0.4, 0.5) is 4.39 Å². The Bertz CT molecular complexity index is 520. The number of rotatable bonds is 2. The molecule has 1 aromatic heterocycles. The Kier molecular flexibility index (Phi) is 2.77. The molecule has 0 aliphatic rings. The molecule has 1 heterocycles. The van der Waals surface area contributed by atoms with Crippen molar-refractivity contribution in [1.82, 2.24) is 4.98 Å². The van der Waals surface area contributed by atoms with E-state index in [1.807, 2.05) is 13.0 Å². The van der Waals surface area contributed by atoms with Crippen LogP contribution in [-0.4, -0.2) is 11.3 Å². The molecule has 2 nitrogen and oxygen atoms in total. The van der Waals surface area contributed by atoms with Crippen LogP contribution >= 0.6 is 0 Å². The van der Waals surface area contributed by atoms with Gasteiger partial charge in [0.25, 0.3) is 0 Å². The zero-order valence-corrected chi connectivity index (χ0v) is 8.77. The van der Waals surface area contributed by atoms with Crippen LogP contribution in [0.2, 0.25) is 0 Å². The van der Waals surface area contributed by atoms with Crippen LogP contribution in [0.15, 0.2) is 36.5 Å². The molecule has 0 unspecified atom stereocenters. The molecular weight excluding hydrogens is 205 g/mol. The molecule has 1 aromatic carbocycles. The highest BCUT2D eigenvalue weighted by Crippen LogP contribution is 2.21. The molecule has 0 N–H and O–H groups in total. The minimum absolute atomic E-state index is 0.300. The van der Waals surface area contributed by atoms with E-state index in [4.69, 9.17) is 0 Å². The van der Waals surface area contributed by atoms with Crippen molar-refractivity contribution in [3.8, 4) is 11.3 Å². The summed E-state index contributed by atoms with van der Waals surface area (Å²) in [6, 6.07) is 8.23. The molecule has 0 radical (unpaired) electrons. The summed E-state index contributed by atoms with van der Waals surface area (Å²) in [6.45, 7) is 1.83. The molecule has 0 spiro atoms. The van der Waals surface area contributed by atoms with Gasteiger partial charge in [0.1, 0.15) is 5.82 Å². The van der Waals surface area contributed by atoms with Gasteiger partial charge in [0.15, 0.2) is 6.29 Å². The lowest BCUT2D eigenvalue weighted by Crippen LogP contribution is -1.90. The second-order valence-corrected chi connectivity index (χ2v) is 3.58. The normalized spacial score (nSPS) is 10.1. The fourth-order valence-corrected chi connectivity index (χ4v) is 1.46. The lowest BCUT2D eigenvalue weighted by Gasteiger charge is -2.03. The van der Waals surface area contributed by atoms with Gasteiger partial charge in [-0.15, -0.1) is 0 Å². The van der Waals surface area contributed by atoms with Gasteiger partial charge in [-0.3, -0.25) is 9.78 Å². The predicted molar refractivity (Wildman–Crippen MR) is 59.8 cm³/mol. The van der Waals surface area contributed by atoms with E-state index in [1.165, 1.54) is 12.3 Å². The van der Waals surface area contributed by atoms with Gasteiger partial charge in [-0.2, -0.15) is 0 Å². The Morgan fingerprint density at radius 3 is 2.62 bits per heavy atom. The zero-order valence-electron chi connectivity index (χ0n) is 8.77. The summed E-state index contributed by atoms with van der Waals surface area (Å²) in [6.07, 6.45) is 2.14. The topological polar surface area (TPSA) is 30.0 Å². The van der Waals surface area contributed by atoms with E-state index in [2.05, 4.69) is 4.98 Å². The van der Waals surface area contributed by atoms with Crippen LogP contribution in [0.1, 0.15) is 15.9 Å². The van der Waals surface area contributed by atoms with Gasteiger partial charge >= 0.3 is 0 Å². The molecule has 0 atom stereocenters. The highest BCUT2D eigenvalue weighted by molar-refractivity contribution is 5.75. The summed E-state index contributed by atoms with van der Waals surface area (Å²) in [5.74, 6) is -0.300. The first-order valence-electron chi connectivity index (χ1n) is 4.88. The molecule has 2 aromatic rings. The van der Waals surface area contributed by atoms with Crippen LogP contribution in [-0.2, 0) is 0 Å². The monoisotopic (exact) mass is 215 g/mol. The van der Waals surface area contributed by atoms with Crippen molar-refractivity contribution < 1.29 is 9.18 Å². The average Bonchev–Trinajstić information content (AvgIpc) is 2.29. The first kappa shape index (κ1) is 10.5. The highest BCUT2D eigenvalue weighted by atomic mass is 19.1. The van der Waals surface area contributed by atoms with Gasteiger partial charge < -0.3 is 0 Å². The Morgan fingerprint density at radius 1 is 1.25 bits per heavy atom. The zero-order chi connectivity index (χ0) is 11.5. The molecule has 2 rings (SSSR count). The van der Waals surface area contributed by atoms with E-state index in [1.54, 1.807) is 18.2 Å². The standard InChI is InChI=1S/C13H10FNO/c1-9-2-4-11(12(14)6-9)13-5-3-10(8-16)7-15-13/h2-8H,1H3. The van der Waals surface area contributed by atoms with Crippen molar-refractivity contribution in [2.45, 2.75) is 6.92 Å². The number of hydrogen-bond donors (Lipinski definition) is 0. The van der Waals surface area contributed by atoms with Gasteiger partial charge in [-0.05, 0) is 36.8 Å². The quantitative estimate of drug-likeness (QED) is 0.721. The molecule has 0 aliphatic heterocycles. The highest BCUT2D eigenvalue weighted by Gasteiger charge is 2.06. The van der Waals surface area contributed by atoms with Crippen LogP contribution in [0.25, 0.3) is 11.3 Å². The van der Waals surface area contributed by atoms with Crippen LogP contribution in [0, 0.1) is 12.7 Å². The van der Waals surface area contributed by atoms with Crippen molar-refractivity contribution in [2.24, 2.45) is 0 Å². The number of pyridine rings is 1. The van der Waals surface area contributed by atoms with E-state index in [9.17, 15) is 9.18 Å². The maximum Gasteiger partial charge on any atom is 0.151 e. The fourth-order valence-electron chi connectivity index (χ4n) is 1.46. The van der Waals surface area contributed by atoms with Crippen LogP contribution in [0.5, 0.6) is 0 Å². The molecule has 0 aliphatic carbocycles. The maximum absolute atomic E-state index is 13.6. The van der Waals surface area contributed by atoms with Crippen molar-refractivity contribution in [1.29, 1.82) is 0 Å². The fraction of sp³-hybridized carbons (Fsp3) is 0.0769. The molecule has 3 heteroatoms. The van der Waals surface area contributed by atoms with Gasteiger partial charge in [0, 0.05) is 17.3 Å². The third kappa shape index (κ3) is 1.98. The van der Waals surface area contributed by atoms with Gasteiger partial charge in [0.05, 0.1) is 5.69 Å². The Labute approximate surface area is 92.8 Å². The number of aromatic nitrogens is 1. The van der Waals surface area contributed by atoms with E-state index in [0.29, 0.717) is 23.1 Å². The van der Waals surface area contributed by atoms with E-state index < -0.39 is 0 Å². The largest absolute Gasteiger partial charge is 0.298 e. The Balaban J connectivity index is 2.46. The van der Waals surface area contributed by atoms with Crippen molar-refractivity contribution in [2.75, 3.05) is 0 Å². The molecule has 0 amide bonds. The van der Waals surface area contributed by atoms with Crippen LogP contribution < -0.4 is 0 Å². The van der Waals surface area contributed by atoms with E-state index in [0.717, 1.165) is 5.56 Å². The summed E-state index contributed by atoms with van der Waals surface area (Å²) in [5, 5.41) is 0. The van der Waals surface area contributed by atoms with Gasteiger partial charge in [-0.1, -0.05) is 6.07 Å². The second kappa shape index (κ2) is 4.23. The number of hydrogen-bond acceptors (Lipinski definition) is 2. The molecule has 16 heavy (non-hydrogen) atoms. The third-order valence-electron chi connectivity index (χ3n) is 2.32. The second-order valence-electron chi connectivity index (χ2n) is 3.58. The Morgan fingerprint density at radius 2 is 2.06 bits per heavy atom. The summed E-state index contributed by atoms with van der Waals surface area (Å²) in [4.78, 5) is 14.5. The molecule has 0 saturated carbocycles. The average molecular weight is 215 g/mol. The first-order chi connectivity index (χ1) is 7.70. The summed E-state index contributed by atoms with van der Waals surface area (Å²) >= 11 is 0. The first-order valence-corrected chi connectivity index (χ1v) is 4.88. The van der Waals surface area contributed by atoms with E-state index in [-0.39, 0.29) is 5.82 Å². The molecule has 0 bridgehead atoms. The predicted octanol–water partition coefficient (Wildman–Crippen LogP) is 3.01. The molecule has 0 fully saturated rings. The smallest absolute Gasteiger partial charge is 0.151 e. The number of nitrogens with zero attached hydrogens (tertiary/aromatic N) is 1. The number of aldehydes is 1. The maximum atomic E-state index is 13.6. The number of carbonyl (C=O) groups excluding carboxylic acids is 1. The minimum atomic E-state index is -0.300.